The zero-order valence-corrected chi connectivity index (χ0v) is 17.3. The molecule has 0 radical (unpaired) electrons. The van der Waals surface area contributed by atoms with Gasteiger partial charge in [-0.3, -0.25) is 4.99 Å². The SMILES string of the molecule is CCN(CC)CCCC(C)NC(=NC)NCc1noc(C)n1.I. The normalized spacial score (nSPS) is 12.9. The smallest absolute Gasteiger partial charge is 0.223 e. The van der Waals surface area contributed by atoms with Crippen molar-refractivity contribution in [3.8, 4) is 0 Å². The molecule has 0 saturated heterocycles. The molecule has 0 aromatic carbocycles. The topological polar surface area (TPSA) is 78.6 Å². The lowest BCUT2D eigenvalue weighted by molar-refractivity contribution is 0.292. The van der Waals surface area contributed by atoms with E-state index in [0.29, 0.717) is 24.3 Å². The average Bonchev–Trinajstić information content (AvgIpc) is 2.93. The first kappa shape index (κ1) is 22.1. The minimum atomic E-state index is 0. The van der Waals surface area contributed by atoms with Crippen LogP contribution in [-0.2, 0) is 6.54 Å². The Labute approximate surface area is 156 Å². The zero-order valence-electron chi connectivity index (χ0n) is 14.9. The number of aryl methyl sites for hydroxylation is 1. The molecule has 1 atom stereocenters. The molecule has 0 spiro atoms. The molecule has 0 aliphatic rings. The standard InChI is InChI=1S/C15H30N6O.HI/c1-6-21(7-2)10-8-9-12(3)18-15(16-5)17-11-14-19-13(4)22-20-14;/h12H,6-11H2,1-5H3,(H2,16,17,18);1H. The molecule has 0 aliphatic heterocycles. The lowest BCUT2D eigenvalue weighted by atomic mass is 10.2. The van der Waals surface area contributed by atoms with Crippen LogP contribution in [0.1, 0.15) is 45.3 Å². The van der Waals surface area contributed by atoms with Gasteiger partial charge in [0.15, 0.2) is 11.8 Å². The highest BCUT2D eigenvalue weighted by atomic mass is 127. The van der Waals surface area contributed by atoms with Crippen LogP contribution in [0.15, 0.2) is 9.52 Å². The van der Waals surface area contributed by atoms with Gasteiger partial charge in [0.25, 0.3) is 0 Å². The maximum absolute atomic E-state index is 4.94. The Hall–Kier alpha value is -0.900. The van der Waals surface area contributed by atoms with E-state index in [0.717, 1.165) is 32.0 Å². The number of guanidine groups is 1. The van der Waals surface area contributed by atoms with E-state index in [4.69, 9.17) is 4.52 Å². The van der Waals surface area contributed by atoms with E-state index in [1.165, 1.54) is 6.42 Å². The van der Waals surface area contributed by atoms with Crippen molar-refractivity contribution in [2.24, 2.45) is 4.99 Å². The molecule has 23 heavy (non-hydrogen) atoms. The quantitative estimate of drug-likeness (QED) is 0.350. The average molecular weight is 438 g/mol. The summed E-state index contributed by atoms with van der Waals surface area (Å²) in [6, 6.07) is 0.369. The molecule has 1 rings (SSSR count). The van der Waals surface area contributed by atoms with Gasteiger partial charge < -0.3 is 20.1 Å². The van der Waals surface area contributed by atoms with Crippen LogP contribution in [0.25, 0.3) is 0 Å². The molecule has 1 heterocycles. The molecule has 0 aliphatic carbocycles. The summed E-state index contributed by atoms with van der Waals surface area (Å²) < 4.78 is 4.94. The van der Waals surface area contributed by atoms with Gasteiger partial charge in [-0.2, -0.15) is 4.98 Å². The van der Waals surface area contributed by atoms with Gasteiger partial charge in [-0.15, -0.1) is 24.0 Å². The summed E-state index contributed by atoms with van der Waals surface area (Å²) >= 11 is 0. The minimum Gasteiger partial charge on any atom is -0.354 e. The molecule has 1 aromatic rings. The Balaban J connectivity index is 0.00000484. The van der Waals surface area contributed by atoms with E-state index < -0.39 is 0 Å². The summed E-state index contributed by atoms with van der Waals surface area (Å²) in [5.41, 5.74) is 0. The van der Waals surface area contributed by atoms with Crippen molar-refractivity contribution in [1.82, 2.24) is 25.7 Å². The second kappa shape index (κ2) is 12.5. The van der Waals surface area contributed by atoms with Crippen LogP contribution in [-0.4, -0.2) is 53.7 Å². The minimum absolute atomic E-state index is 0. The van der Waals surface area contributed by atoms with Crippen LogP contribution in [0.5, 0.6) is 0 Å². The number of rotatable bonds is 9. The first-order valence-corrected chi connectivity index (χ1v) is 8.07. The van der Waals surface area contributed by atoms with Crippen LogP contribution in [0, 0.1) is 6.92 Å². The van der Waals surface area contributed by atoms with Crippen LogP contribution in [0.4, 0.5) is 0 Å². The molecule has 0 amide bonds. The molecule has 0 fully saturated rings. The maximum Gasteiger partial charge on any atom is 0.223 e. The third kappa shape index (κ3) is 9.09. The molecular formula is C15H31IN6O. The van der Waals surface area contributed by atoms with Crippen molar-refractivity contribution < 1.29 is 4.52 Å². The first-order chi connectivity index (χ1) is 10.6. The Morgan fingerprint density at radius 1 is 1.35 bits per heavy atom. The highest BCUT2D eigenvalue weighted by molar-refractivity contribution is 14.0. The van der Waals surface area contributed by atoms with Gasteiger partial charge in [-0.25, -0.2) is 0 Å². The number of hydrogen-bond donors (Lipinski definition) is 2. The predicted molar refractivity (Wildman–Crippen MR) is 104 cm³/mol. The van der Waals surface area contributed by atoms with Crippen LogP contribution < -0.4 is 10.6 Å². The van der Waals surface area contributed by atoms with E-state index in [9.17, 15) is 0 Å². The van der Waals surface area contributed by atoms with Crippen molar-refractivity contribution >= 4 is 29.9 Å². The number of aliphatic imine (C=N–C) groups is 1. The number of halogens is 1. The third-order valence-electron chi connectivity index (χ3n) is 3.60. The van der Waals surface area contributed by atoms with Crippen LogP contribution >= 0.6 is 24.0 Å². The third-order valence-corrected chi connectivity index (χ3v) is 3.60. The summed E-state index contributed by atoms with van der Waals surface area (Å²) in [4.78, 5) is 10.8. The summed E-state index contributed by atoms with van der Waals surface area (Å²) in [6.45, 7) is 12.2. The fraction of sp³-hybridized carbons (Fsp3) is 0.800. The molecule has 7 nitrogen and oxygen atoms in total. The highest BCUT2D eigenvalue weighted by Crippen LogP contribution is 2.00. The molecule has 1 unspecified atom stereocenters. The molecule has 1 aromatic heterocycles. The second-order valence-corrected chi connectivity index (χ2v) is 5.37. The maximum atomic E-state index is 4.94. The monoisotopic (exact) mass is 438 g/mol. The van der Waals surface area contributed by atoms with E-state index in [1.807, 2.05) is 0 Å². The zero-order chi connectivity index (χ0) is 16.4. The predicted octanol–water partition coefficient (Wildman–Crippen LogP) is 2.17. The molecule has 8 heteroatoms. The van der Waals surface area contributed by atoms with Crippen LogP contribution in [0.2, 0.25) is 0 Å². The first-order valence-electron chi connectivity index (χ1n) is 8.07. The number of hydrogen-bond acceptors (Lipinski definition) is 5. The fourth-order valence-corrected chi connectivity index (χ4v) is 2.24. The van der Waals surface area contributed by atoms with Gasteiger partial charge in [0.2, 0.25) is 5.89 Å². The summed E-state index contributed by atoms with van der Waals surface area (Å²) in [7, 11) is 1.76. The Morgan fingerprint density at radius 2 is 2.04 bits per heavy atom. The number of aromatic nitrogens is 2. The van der Waals surface area contributed by atoms with E-state index >= 15 is 0 Å². The molecule has 2 N–H and O–H groups in total. The highest BCUT2D eigenvalue weighted by Gasteiger charge is 2.08. The van der Waals surface area contributed by atoms with Crippen molar-refractivity contribution in [2.75, 3.05) is 26.7 Å². The van der Waals surface area contributed by atoms with E-state index in [2.05, 4.69) is 51.4 Å². The van der Waals surface area contributed by atoms with Gasteiger partial charge in [0.1, 0.15) is 0 Å². The Kier molecular flexibility index (Phi) is 12.0. The van der Waals surface area contributed by atoms with Gasteiger partial charge >= 0.3 is 0 Å². The molecule has 0 bridgehead atoms. The summed E-state index contributed by atoms with van der Waals surface area (Å²) in [5.74, 6) is 1.97. The number of nitrogens with zero attached hydrogens (tertiary/aromatic N) is 4. The van der Waals surface area contributed by atoms with E-state index in [-0.39, 0.29) is 24.0 Å². The van der Waals surface area contributed by atoms with Crippen molar-refractivity contribution in [3.05, 3.63) is 11.7 Å². The van der Waals surface area contributed by atoms with Crippen molar-refractivity contribution in [1.29, 1.82) is 0 Å². The second-order valence-electron chi connectivity index (χ2n) is 5.37. The molecule has 134 valence electrons. The summed E-state index contributed by atoms with van der Waals surface area (Å²) in [5, 5.41) is 10.4. The largest absolute Gasteiger partial charge is 0.354 e. The van der Waals surface area contributed by atoms with Gasteiger partial charge in [0.05, 0.1) is 6.54 Å². The van der Waals surface area contributed by atoms with Gasteiger partial charge in [-0.05, 0) is 39.4 Å². The van der Waals surface area contributed by atoms with Crippen molar-refractivity contribution in [2.45, 2.75) is 53.1 Å². The Bertz CT molecular complexity index is 447. The molecule has 0 saturated carbocycles. The molecular weight excluding hydrogens is 407 g/mol. The van der Waals surface area contributed by atoms with Gasteiger partial charge in [-0.1, -0.05) is 19.0 Å². The fourth-order valence-electron chi connectivity index (χ4n) is 2.24. The lowest BCUT2D eigenvalue weighted by Crippen LogP contribution is -2.42. The van der Waals surface area contributed by atoms with E-state index in [1.54, 1.807) is 14.0 Å². The van der Waals surface area contributed by atoms with Gasteiger partial charge in [0, 0.05) is 20.0 Å². The Morgan fingerprint density at radius 3 is 2.57 bits per heavy atom. The van der Waals surface area contributed by atoms with Crippen molar-refractivity contribution in [3.63, 3.8) is 0 Å². The number of nitrogens with one attached hydrogen (secondary N) is 2. The lowest BCUT2D eigenvalue weighted by Gasteiger charge is -2.21. The summed E-state index contributed by atoms with van der Waals surface area (Å²) in [6.07, 6.45) is 2.29. The van der Waals surface area contributed by atoms with Crippen LogP contribution in [0.3, 0.4) is 0 Å².